The molecule has 178 valence electrons. The summed E-state index contributed by atoms with van der Waals surface area (Å²) in [5.41, 5.74) is 2.03. The largest absolute Gasteiger partial charge is 0.491 e. The summed E-state index contributed by atoms with van der Waals surface area (Å²) >= 11 is 5.98. The molecule has 5 nitrogen and oxygen atoms in total. The Labute approximate surface area is 202 Å². The standard InChI is InChI=1S/C27H36ClN3O2/c1-2-18-31-24-8-6-9-25(32-19-5-3-4-7-21-14-16-29-17-15-21)27(24)30-26(31)20-33-23-12-10-22(28)11-13-23/h6,8-13,21,29H,2-5,7,14-20H2,1H3. The van der Waals surface area contributed by atoms with E-state index in [1.165, 1.54) is 45.2 Å². The monoisotopic (exact) mass is 469 g/mol. The van der Waals surface area contributed by atoms with Crippen LogP contribution < -0.4 is 14.8 Å². The number of hydrogen-bond acceptors (Lipinski definition) is 4. The van der Waals surface area contributed by atoms with E-state index in [2.05, 4.69) is 28.9 Å². The average Bonchev–Trinajstić information content (AvgIpc) is 3.20. The summed E-state index contributed by atoms with van der Waals surface area (Å²) in [4.78, 5) is 4.92. The molecule has 4 rings (SSSR count). The van der Waals surface area contributed by atoms with E-state index in [4.69, 9.17) is 26.1 Å². The van der Waals surface area contributed by atoms with Crippen molar-refractivity contribution in [3.05, 3.63) is 53.3 Å². The van der Waals surface area contributed by atoms with Gasteiger partial charge in [-0.1, -0.05) is 43.9 Å². The highest BCUT2D eigenvalue weighted by atomic mass is 35.5. The Hall–Kier alpha value is -2.24. The second-order valence-electron chi connectivity index (χ2n) is 8.94. The van der Waals surface area contributed by atoms with E-state index in [0.29, 0.717) is 11.6 Å². The van der Waals surface area contributed by atoms with Gasteiger partial charge in [-0.05, 0) is 81.1 Å². The molecule has 1 aliphatic rings. The molecule has 6 heteroatoms. The van der Waals surface area contributed by atoms with Crippen LogP contribution in [0, 0.1) is 5.92 Å². The molecule has 0 bridgehead atoms. The van der Waals surface area contributed by atoms with Crippen molar-refractivity contribution in [1.29, 1.82) is 0 Å². The van der Waals surface area contributed by atoms with Crippen molar-refractivity contribution in [2.45, 2.75) is 65.0 Å². The van der Waals surface area contributed by atoms with Crippen molar-refractivity contribution in [2.75, 3.05) is 19.7 Å². The molecule has 0 amide bonds. The van der Waals surface area contributed by atoms with Gasteiger partial charge >= 0.3 is 0 Å². The summed E-state index contributed by atoms with van der Waals surface area (Å²) in [7, 11) is 0. The minimum Gasteiger partial charge on any atom is -0.491 e. The maximum absolute atomic E-state index is 6.19. The van der Waals surface area contributed by atoms with Crippen LogP contribution in [0.25, 0.3) is 11.0 Å². The molecule has 2 aromatic carbocycles. The van der Waals surface area contributed by atoms with Crippen molar-refractivity contribution in [3.63, 3.8) is 0 Å². The van der Waals surface area contributed by atoms with Gasteiger partial charge in [0.05, 0.1) is 12.1 Å². The highest BCUT2D eigenvalue weighted by molar-refractivity contribution is 6.30. The second kappa shape index (κ2) is 12.3. The molecule has 1 saturated heterocycles. The fourth-order valence-corrected chi connectivity index (χ4v) is 4.74. The minimum atomic E-state index is 0.409. The van der Waals surface area contributed by atoms with Crippen LogP contribution in [0.3, 0.4) is 0 Å². The van der Waals surface area contributed by atoms with Crippen LogP contribution in [0.1, 0.15) is 57.7 Å². The highest BCUT2D eigenvalue weighted by Gasteiger charge is 2.15. The van der Waals surface area contributed by atoms with Crippen molar-refractivity contribution >= 4 is 22.6 Å². The second-order valence-corrected chi connectivity index (χ2v) is 9.37. The molecule has 3 aromatic rings. The van der Waals surface area contributed by atoms with Crippen LogP contribution in [0.4, 0.5) is 0 Å². The van der Waals surface area contributed by atoms with Crippen molar-refractivity contribution < 1.29 is 9.47 Å². The lowest BCUT2D eigenvalue weighted by molar-refractivity contribution is 0.289. The summed E-state index contributed by atoms with van der Waals surface area (Å²) in [5.74, 6) is 3.49. The Morgan fingerprint density at radius 2 is 1.85 bits per heavy atom. The molecule has 1 N–H and O–H groups in total. The maximum atomic E-state index is 6.19. The number of halogens is 1. The molecule has 1 aromatic heterocycles. The lowest BCUT2D eigenvalue weighted by Gasteiger charge is -2.22. The van der Waals surface area contributed by atoms with Gasteiger partial charge < -0.3 is 19.4 Å². The van der Waals surface area contributed by atoms with Crippen LogP contribution in [0.15, 0.2) is 42.5 Å². The number of rotatable bonds is 12. The number of para-hydroxylation sites is 1. The lowest BCUT2D eigenvalue weighted by Crippen LogP contribution is -2.27. The van der Waals surface area contributed by atoms with Crippen LogP contribution in [0.2, 0.25) is 5.02 Å². The zero-order valence-corrected chi connectivity index (χ0v) is 20.4. The van der Waals surface area contributed by atoms with Gasteiger partial charge in [0, 0.05) is 11.6 Å². The van der Waals surface area contributed by atoms with Crippen LogP contribution >= 0.6 is 11.6 Å². The Bertz CT molecular complexity index is 997. The molecule has 0 unspecified atom stereocenters. The molecular formula is C27H36ClN3O2. The molecule has 33 heavy (non-hydrogen) atoms. The topological polar surface area (TPSA) is 48.3 Å². The average molecular weight is 470 g/mol. The van der Waals surface area contributed by atoms with Gasteiger partial charge in [-0.25, -0.2) is 4.98 Å². The molecule has 1 fully saturated rings. The molecule has 0 aliphatic carbocycles. The van der Waals surface area contributed by atoms with E-state index < -0.39 is 0 Å². The number of piperidine rings is 1. The summed E-state index contributed by atoms with van der Waals surface area (Å²) in [6, 6.07) is 13.7. The first-order chi connectivity index (χ1) is 16.2. The Kier molecular flexibility index (Phi) is 8.90. The molecule has 1 aliphatic heterocycles. The van der Waals surface area contributed by atoms with Crippen molar-refractivity contribution in [3.8, 4) is 11.5 Å². The first-order valence-corrected chi connectivity index (χ1v) is 12.8. The normalized spacial score (nSPS) is 14.6. The fourth-order valence-electron chi connectivity index (χ4n) is 4.61. The van der Waals surface area contributed by atoms with Crippen LogP contribution in [-0.4, -0.2) is 29.2 Å². The van der Waals surface area contributed by atoms with Gasteiger partial charge in [0.25, 0.3) is 0 Å². The van der Waals surface area contributed by atoms with Crippen molar-refractivity contribution in [2.24, 2.45) is 5.92 Å². The molecule has 0 spiro atoms. The summed E-state index contributed by atoms with van der Waals surface area (Å²) in [5, 5.41) is 4.15. The summed E-state index contributed by atoms with van der Waals surface area (Å²) in [6.45, 7) is 6.61. The SMILES string of the molecule is CCCn1c(COc2ccc(Cl)cc2)nc2c(OCCCCCC3CCNCC3)cccc21. The third kappa shape index (κ3) is 6.64. The van der Waals surface area contributed by atoms with Gasteiger partial charge in [-0.2, -0.15) is 0 Å². The van der Waals surface area contributed by atoms with Crippen molar-refractivity contribution in [1.82, 2.24) is 14.9 Å². The third-order valence-corrected chi connectivity index (χ3v) is 6.67. The first kappa shape index (κ1) is 23.9. The van der Waals surface area contributed by atoms with E-state index in [0.717, 1.165) is 60.3 Å². The van der Waals surface area contributed by atoms with Gasteiger partial charge in [0.15, 0.2) is 0 Å². The zero-order valence-electron chi connectivity index (χ0n) is 19.7. The predicted molar refractivity (Wildman–Crippen MR) is 135 cm³/mol. The Morgan fingerprint density at radius 1 is 1.03 bits per heavy atom. The van der Waals surface area contributed by atoms with Gasteiger partial charge in [-0.3, -0.25) is 0 Å². The summed E-state index contributed by atoms with van der Waals surface area (Å²) < 4.78 is 14.4. The highest BCUT2D eigenvalue weighted by Crippen LogP contribution is 2.28. The van der Waals surface area contributed by atoms with Crippen LogP contribution in [0.5, 0.6) is 11.5 Å². The number of fused-ring (bicyclic) bond motifs is 1. The van der Waals surface area contributed by atoms with Crippen LogP contribution in [-0.2, 0) is 13.2 Å². The Morgan fingerprint density at radius 3 is 2.64 bits per heavy atom. The number of ether oxygens (including phenoxy) is 2. The lowest BCUT2D eigenvalue weighted by atomic mass is 9.92. The number of nitrogens with zero attached hydrogens (tertiary/aromatic N) is 2. The molecule has 0 radical (unpaired) electrons. The van der Waals surface area contributed by atoms with Gasteiger partial charge in [0.1, 0.15) is 29.4 Å². The molecule has 0 saturated carbocycles. The summed E-state index contributed by atoms with van der Waals surface area (Å²) in [6.07, 6.45) is 8.67. The van der Waals surface area contributed by atoms with Gasteiger partial charge in [0.2, 0.25) is 0 Å². The number of unbranched alkanes of at least 4 members (excludes halogenated alkanes) is 2. The van der Waals surface area contributed by atoms with E-state index >= 15 is 0 Å². The fraction of sp³-hybridized carbons (Fsp3) is 0.519. The van der Waals surface area contributed by atoms with E-state index in [9.17, 15) is 0 Å². The number of benzene rings is 2. The number of nitrogens with one attached hydrogen (secondary N) is 1. The maximum Gasteiger partial charge on any atom is 0.148 e. The van der Waals surface area contributed by atoms with E-state index in [1.54, 1.807) is 0 Å². The quantitative estimate of drug-likeness (QED) is 0.303. The predicted octanol–water partition coefficient (Wildman–Crippen LogP) is 6.62. The number of imidazole rings is 1. The Balaban J connectivity index is 1.34. The first-order valence-electron chi connectivity index (χ1n) is 12.4. The number of hydrogen-bond donors (Lipinski definition) is 1. The number of aromatic nitrogens is 2. The van der Waals surface area contributed by atoms with E-state index in [-0.39, 0.29) is 0 Å². The smallest absolute Gasteiger partial charge is 0.148 e. The number of aryl methyl sites for hydroxylation is 1. The molecule has 2 heterocycles. The van der Waals surface area contributed by atoms with Gasteiger partial charge in [-0.15, -0.1) is 0 Å². The molecular weight excluding hydrogens is 434 g/mol. The third-order valence-electron chi connectivity index (χ3n) is 6.42. The molecule has 0 atom stereocenters. The zero-order chi connectivity index (χ0) is 22.9. The minimum absolute atomic E-state index is 0.409. The van der Waals surface area contributed by atoms with E-state index in [1.807, 2.05) is 30.3 Å².